The molecule has 0 bridgehead atoms. The molecule has 0 aromatic heterocycles. The smallest absolute Gasteiger partial charge is 0.258 e. The summed E-state index contributed by atoms with van der Waals surface area (Å²) in [4.78, 5) is 11.7. The second-order valence-electron chi connectivity index (χ2n) is 4.46. The molecule has 0 spiro atoms. The average Bonchev–Trinajstić information content (AvgIpc) is 2.46. The molecular weight excluding hydrogens is 274 g/mol. The van der Waals surface area contributed by atoms with Gasteiger partial charge in [0, 0.05) is 11.6 Å². The first-order valence-electron chi connectivity index (χ1n) is 6.35. The number of halogens is 1. The number of hydrogen-bond donors (Lipinski definition) is 1. The monoisotopic (exact) mass is 289 g/mol. The van der Waals surface area contributed by atoms with Crippen molar-refractivity contribution in [3.63, 3.8) is 0 Å². The van der Waals surface area contributed by atoms with Crippen molar-refractivity contribution in [2.75, 3.05) is 6.61 Å². The fourth-order valence-electron chi connectivity index (χ4n) is 1.72. The molecule has 0 aliphatic rings. The minimum atomic E-state index is -0.150. The van der Waals surface area contributed by atoms with E-state index in [1.807, 2.05) is 43.3 Å². The van der Waals surface area contributed by atoms with Crippen LogP contribution < -0.4 is 10.1 Å². The predicted molar refractivity (Wildman–Crippen MR) is 80.0 cm³/mol. The summed E-state index contributed by atoms with van der Waals surface area (Å²) >= 11 is 5.80. The maximum atomic E-state index is 11.7. The molecular formula is C16H16ClNO2. The van der Waals surface area contributed by atoms with Crippen molar-refractivity contribution in [1.82, 2.24) is 5.32 Å². The topological polar surface area (TPSA) is 38.3 Å². The Morgan fingerprint density at radius 1 is 1.15 bits per heavy atom. The summed E-state index contributed by atoms with van der Waals surface area (Å²) < 4.78 is 5.47. The molecule has 0 saturated heterocycles. The highest BCUT2D eigenvalue weighted by Gasteiger charge is 2.04. The van der Waals surface area contributed by atoms with Crippen molar-refractivity contribution in [2.45, 2.75) is 13.5 Å². The summed E-state index contributed by atoms with van der Waals surface area (Å²) in [6, 6.07) is 15.0. The van der Waals surface area contributed by atoms with Gasteiger partial charge in [-0.15, -0.1) is 0 Å². The maximum absolute atomic E-state index is 11.7. The number of carbonyl (C=O) groups excluding carboxylic acids is 1. The van der Waals surface area contributed by atoms with Gasteiger partial charge in [0.15, 0.2) is 6.61 Å². The van der Waals surface area contributed by atoms with Gasteiger partial charge in [-0.2, -0.15) is 0 Å². The fraction of sp³-hybridized carbons (Fsp3) is 0.188. The van der Waals surface area contributed by atoms with Gasteiger partial charge in [0.05, 0.1) is 0 Å². The molecule has 4 heteroatoms. The molecule has 2 aromatic carbocycles. The maximum Gasteiger partial charge on any atom is 0.258 e. The SMILES string of the molecule is Cc1ccccc1OCC(=O)NCc1ccc(Cl)cc1. The molecule has 1 N–H and O–H groups in total. The van der Waals surface area contributed by atoms with Crippen LogP contribution in [-0.2, 0) is 11.3 Å². The highest BCUT2D eigenvalue weighted by molar-refractivity contribution is 6.30. The van der Waals surface area contributed by atoms with E-state index in [0.29, 0.717) is 11.6 Å². The first-order valence-corrected chi connectivity index (χ1v) is 6.72. The number of nitrogens with one attached hydrogen (secondary N) is 1. The number of aryl methyl sites for hydroxylation is 1. The summed E-state index contributed by atoms with van der Waals surface area (Å²) in [6.07, 6.45) is 0. The quantitative estimate of drug-likeness (QED) is 0.917. The molecule has 0 heterocycles. The van der Waals surface area contributed by atoms with Crippen LogP contribution >= 0.6 is 11.6 Å². The number of para-hydroxylation sites is 1. The van der Waals surface area contributed by atoms with Crippen LogP contribution in [0.5, 0.6) is 5.75 Å². The lowest BCUT2D eigenvalue weighted by atomic mass is 10.2. The van der Waals surface area contributed by atoms with Gasteiger partial charge in [0.2, 0.25) is 0 Å². The Kier molecular flexibility index (Phi) is 5.02. The third-order valence-corrected chi connectivity index (χ3v) is 3.11. The van der Waals surface area contributed by atoms with E-state index in [1.54, 1.807) is 12.1 Å². The van der Waals surface area contributed by atoms with E-state index < -0.39 is 0 Å². The number of benzene rings is 2. The van der Waals surface area contributed by atoms with Gasteiger partial charge in [0.25, 0.3) is 5.91 Å². The Balaban J connectivity index is 1.78. The number of ether oxygens (including phenoxy) is 1. The van der Waals surface area contributed by atoms with E-state index in [0.717, 1.165) is 16.9 Å². The zero-order valence-electron chi connectivity index (χ0n) is 11.2. The third kappa shape index (κ3) is 4.28. The van der Waals surface area contributed by atoms with Crippen molar-refractivity contribution in [3.8, 4) is 5.75 Å². The minimum Gasteiger partial charge on any atom is -0.484 e. The lowest BCUT2D eigenvalue weighted by Crippen LogP contribution is -2.28. The number of hydrogen-bond acceptors (Lipinski definition) is 2. The van der Waals surface area contributed by atoms with E-state index in [2.05, 4.69) is 5.32 Å². The summed E-state index contributed by atoms with van der Waals surface area (Å²) in [7, 11) is 0. The summed E-state index contributed by atoms with van der Waals surface area (Å²) in [6.45, 7) is 2.42. The van der Waals surface area contributed by atoms with Crippen LogP contribution in [0.1, 0.15) is 11.1 Å². The Hall–Kier alpha value is -2.00. The second kappa shape index (κ2) is 6.96. The van der Waals surface area contributed by atoms with Gasteiger partial charge >= 0.3 is 0 Å². The molecule has 0 radical (unpaired) electrons. The molecule has 2 aromatic rings. The lowest BCUT2D eigenvalue weighted by molar-refractivity contribution is -0.123. The lowest BCUT2D eigenvalue weighted by Gasteiger charge is -2.09. The van der Waals surface area contributed by atoms with Crippen LogP contribution in [0.3, 0.4) is 0 Å². The van der Waals surface area contributed by atoms with Gasteiger partial charge in [-0.05, 0) is 36.2 Å². The molecule has 0 aliphatic carbocycles. The summed E-state index contributed by atoms with van der Waals surface area (Å²) in [5.74, 6) is 0.581. The molecule has 0 unspecified atom stereocenters. The first kappa shape index (κ1) is 14.4. The van der Waals surface area contributed by atoms with E-state index in [4.69, 9.17) is 16.3 Å². The average molecular weight is 290 g/mol. The van der Waals surface area contributed by atoms with Crippen molar-refractivity contribution in [3.05, 3.63) is 64.7 Å². The van der Waals surface area contributed by atoms with E-state index in [-0.39, 0.29) is 12.5 Å². The highest BCUT2D eigenvalue weighted by Crippen LogP contribution is 2.15. The number of rotatable bonds is 5. The molecule has 3 nitrogen and oxygen atoms in total. The molecule has 20 heavy (non-hydrogen) atoms. The third-order valence-electron chi connectivity index (χ3n) is 2.86. The Morgan fingerprint density at radius 2 is 1.85 bits per heavy atom. The normalized spacial score (nSPS) is 10.1. The Labute approximate surface area is 123 Å². The minimum absolute atomic E-state index is 0.0123. The standard InChI is InChI=1S/C16H16ClNO2/c1-12-4-2-3-5-15(12)20-11-16(19)18-10-13-6-8-14(17)9-7-13/h2-9H,10-11H2,1H3,(H,18,19). The first-order chi connectivity index (χ1) is 9.65. The van der Waals surface area contributed by atoms with Crippen LogP contribution in [0.2, 0.25) is 5.02 Å². The van der Waals surface area contributed by atoms with Gasteiger partial charge in [0.1, 0.15) is 5.75 Å². The van der Waals surface area contributed by atoms with Crippen LogP contribution in [0.4, 0.5) is 0 Å². The Bertz CT molecular complexity index is 581. The fourth-order valence-corrected chi connectivity index (χ4v) is 1.84. The van der Waals surface area contributed by atoms with Crippen LogP contribution in [-0.4, -0.2) is 12.5 Å². The van der Waals surface area contributed by atoms with Crippen LogP contribution in [0.15, 0.2) is 48.5 Å². The van der Waals surface area contributed by atoms with Gasteiger partial charge < -0.3 is 10.1 Å². The van der Waals surface area contributed by atoms with Gasteiger partial charge in [-0.1, -0.05) is 41.9 Å². The zero-order chi connectivity index (χ0) is 14.4. The molecule has 104 valence electrons. The van der Waals surface area contributed by atoms with Crippen LogP contribution in [0.25, 0.3) is 0 Å². The number of amides is 1. The van der Waals surface area contributed by atoms with Crippen molar-refractivity contribution in [1.29, 1.82) is 0 Å². The van der Waals surface area contributed by atoms with Crippen molar-refractivity contribution >= 4 is 17.5 Å². The molecule has 0 atom stereocenters. The highest BCUT2D eigenvalue weighted by atomic mass is 35.5. The van der Waals surface area contributed by atoms with Gasteiger partial charge in [-0.3, -0.25) is 4.79 Å². The zero-order valence-corrected chi connectivity index (χ0v) is 12.0. The van der Waals surface area contributed by atoms with Gasteiger partial charge in [-0.25, -0.2) is 0 Å². The predicted octanol–water partition coefficient (Wildman–Crippen LogP) is 3.34. The summed E-state index contributed by atoms with van der Waals surface area (Å²) in [5, 5.41) is 3.48. The van der Waals surface area contributed by atoms with E-state index in [1.165, 1.54) is 0 Å². The van der Waals surface area contributed by atoms with E-state index in [9.17, 15) is 4.79 Å². The molecule has 0 fully saturated rings. The largest absolute Gasteiger partial charge is 0.484 e. The molecule has 0 aliphatic heterocycles. The molecule has 1 amide bonds. The second-order valence-corrected chi connectivity index (χ2v) is 4.89. The van der Waals surface area contributed by atoms with Crippen molar-refractivity contribution in [2.24, 2.45) is 0 Å². The van der Waals surface area contributed by atoms with Crippen molar-refractivity contribution < 1.29 is 9.53 Å². The molecule has 2 rings (SSSR count). The van der Waals surface area contributed by atoms with E-state index >= 15 is 0 Å². The Morgan fingerprint density at radius 3 is 2.55 bits per heavy atom. The number of carbonyl (C=O) groups is 1. The molecule has 0 saturated carbocycles. The summed E-state index contributed by atoms with van der Waals surface area (Å²) in [5.41, 5.74) is 2.01. The van der Waals surface area contributed by atoms with Crippen LogP contribution in [0, 0.1) is 6.92 Å².